The molecule has 4 nitrogen and oxygen atoms in total. The molecule has 0 radical (unpaired) electrons. The van der Waals surface area contributed by atoms with Crippen molar-refractivity contribution in [3.05, 3.63) is 24.0 Å². The van der Waals surface area contributed by atoms with Crippen molar-refractivity contribution in [3.8, 4) is 0 Å². The summed E-state index contributed by atoms with van der Waals surface area (Å²) in [4.78, 5) is 14.5. The summed E-state index contributed by atoms with van der Waals surface area (Å²) in [6, 6.07) is 2.03. The predicted octanol–water partition coefficient (Wildman–Crippen LogP) is 1.15. The third kappa shape index (κ3) is 3.70. The first-order valence-electron chi connectivity index (χ1n) is 5.66. The van der Waals surface area contributed by atoms with E-state index in [1.54, 1.807) is 0 Å². The summed E-state index contributed by atoms with van der Waals surface area (Å²) >= 11 is 0. The molecule has 0 spiro atoms. The number of hydrogen-bond acceptors (Lipinski definition) is 2. The van der Waals surface area contributed by atoms with Crippen LogP contribution >= 0.6 is 0 Å². The molecule has 0 aromatic carbocycles. The number of carbonyl (C=O) groups is 1. The molecular weight excluding hydrogens is 202 g/mol. The van der Waals surface area contributed by atoms with Crippen LogP contribution in [-0.4, -0.2) is 24.0 Å². The molecule has 4 N–H and O–H groups in total. The molecule has 90 valence electrons. The minimum Gasteiger partial charge on any atom is -0.367 e. The maximum absolute atomic E-state index is 11.4. The van der Waals surface area contributed by atoms with E-state index in [0.29, 0.717) is 19.5 Å². The van der Waals surface area contributed by atoms with Gasteiger partial charge in [-0.2, -0.15) is 0 Å². The van der Waals surface area contributed by atoms with Gasteiger partial charge in [-0.25, -0.2) is 0 Å². The normalized spacial score (nSPS) is 11.4. The molecule has 1 aromatic rings. The van der Waals surface area contributed by atoms with Gasteiger partial charge in [0.15, 0.2) is 0 Å². The zero-order chi connectivity index (χ0) is 12.0. The average Bonchev–Trinajstić information content (AvgIpc) is 2.77. The van der Waals surface area contributed by atoms with Crippen LogP contribution in [0.5, 0.6) is 0 Å². The van der Waals surface area contributed by atoms with Crippen molar-refractivity contribution in [1.29, 1.82) is 0 Å². The Morgan fingerprint density at radius 1 is 1.56 bits per heavy atom. The van der Waals surface area contributed by atoms with Gasteiger partial charge < -0.3 is 16.0 Å². The van der Waals surface area contributed by atoms with Crippen LogP contribution in [0, 0.1) is 0 Å². The number of rotatable bonds is 6. The summed E-state index contributed by atoms with van der Waals surface area (Å²) in [5.74, 6) is 0.0778. The highest BCUT2D eigenvalue weighted by atomic mass is 16.1. The van der Waals surface area contributed by atoms with Crippen molar-refractivity contribution in [2.24, 2.45) is 5.73 Å². The van der Waals surface area contributed by atoms with Crippen LogP contribution in [-0.2, 0) is 10.2 Å². The highest BCUT2D eigenvalue weighted by molar-refractivity contribution is 5.75. The van der Waals surface area contributed by atoms with Crippen molar-refractivity contribution in [2.45, 2.75) is 32.1 Å². The first-order chi connectivity index (χ1) is 7.56. The van der Waals surface area contributed by atoms with Gasteiger partial charge in [0, 0.05) is 30.8 Å². The van der Waals surface area contributed by atoms with Crippen LogP contribution in [0.2, 0.25) is 0 Å². The summed E-state index contributed by atoms with van der Waals surface area (Å²) in [6.45, 7) is 5.43. The largest absolute Gasteiger partial charge is 0.367 e. The fourth-order valence-corrected chi connectivity index (χ4v) is 1.52. The quantitative estimate of drug-likeness (QED) is 0.677. The van der Waals surface area contributed by atoms with Gasteiger partial charge in [-0.15, -0.1) is 0 Å². The first kappa shape index (κ1) is 12.8. The molecule has 0 aliphatic rings. The highest BCUT2D eigenvalue weighted by Crippen LogP contribution is 2.21. The second-order valence-corrected chi connectivity index (χ2v) is 4.65. The lowest BCUT2D eigenvalue weighted by Gasteiger charge is -2.24. The van der Waals surface area contributed by atoms with Crippen LogP contribution in [0.3, 0.4) is 0 Å². The lowest BCUT2D eigenvalue weighted by atomic mass is 9.86. The fraction of sp³-hybridized carbons (Fsp3) is 0.583. The molecule has 0 saturated carbocycles. The van der Waals surface area contributed by atoms with E-state index in [4.69, 9.17) is 5.73 Å². The summed E-state index contributed by atoms with van der Waals surface area (Å²) in [7, 11) is 0. The Morgan fingerprint density at radius 3 is 2.88 bits per heavy atom. The van der Waals surface area contributed by atoms with Crippen molar-refractivity contribution in [2.75, 3.05) is 13.1 Å². The van der Waals surface area contributed by atoms with Crippen molar-refractivity contribution in [3.63, 3.8) is 0 Å². The van der Waals surface area contributed by atoms with Crippen LogP contribution in [0.1, 0.15) is 32.3 Å². The van der Waals surface area contributed by atoms with E-state index in [-0.39, 0.29) is 11.3 Å². The maximum atomic E-state index is 11.4. The van der Waals surface area contributed by atoms with Gasteiger partial charge in [0.25, 0.3) is 0 Å². The number of aromatic amines is 1. The number of hydrogen-bond donors (Lipinski definition) is 3. The van der Waals surface area contributed by atoms with E-state index in [9.17, 15) is 4.79 Å². The SMILES string of the molecule is CC(C)(CNC(=O)CCCN)c1cc[nH]c1. The number of amides is 1. The van der Waals surface area contributed by atoms with E-state index in [2.05, 4.69) is 24.1 Å². The summed E-state index contributed by atoms with van der Waals surface area (Å²) in [6.07, 6.45) is 5.12. The van der Waals surface area contributed by atoms with Crippen molar-refractivity contribution < 1.29 is 4.79 Å². The molecule has 16 heavy (non-hydrogen) atoms. The Morgan fingerprint density at radius 2 is 2.31 bits per heavy atom. The van der Waals surface area contributed by atoms with E-state index >= 15 is 0 Å². The van der Waals surface area contributed by atoms with Crippen LogP contribution in [0.25, 0.3) is 0 Å². The molecular formula is C12H21N3O. The van der Waals surface area contributed by atoms with Gasteiger partial charge in [0.1, 0.15) is 0 Å². The summed E-state index contributed by atoms with van der Waals surface area (Å²) in [5, 5.41) is 2.94. The second kappa shape index (κ2) is 5.70. The molecule has 0 fully saturated rings. The van der Waals surface area contributed by atoms with Crippen molar-refractivity contribution in [1.82, 2.24) is 10.3 Å². The third-order valence-electron chi connectivity index (χ3n) is 2.71. The lowest BCUT2D eigenvalue weighted by molar-refractivity contribution is -0.121. The molecule has 0 aliphatic heterocycles. The third-order valence-corrected chi connectivity index (χ3v) is 2.71. The minimum atomic E-state index is -0.0433. The molecule has 0 atom stereocenters. The van der Waals surface area contributed by atoms with Crippen molar-refractivity contribution >= 4 is 5.91 Å². The topological polar surface area (TPSA) is 70.9 Å². The van der Waals surface area contributed by atoms with E-state index in [1.807, 2.05) is 18.5 Å². The summed E-state index contributed by atoms with van der Waals surface area (Å²) in [5.41, 5.74) is 6.51. The smallest absolute Gasteiger partial charge is 0.220 e. The molecule has 0 saturated heterocycles. The predicted molar refractivity (Wildman–Crippen MR) is 65.1 cm³/mol. The Labute approximate surface area is 96.6 Å². The Bertz CT molecular complexity index is 317. The Hall–Kier alpha value is -1.29. The van der Waals surface area contributed by atoms with Gasteiger partial charge in [0.2, 0.25) is 5.91 Å². The lowest BCUT2D eigenvalue weighted by Crippen LogP contribution is -2.36. The molecule has 1 heterocycles. The van der Waals surface area contributed by atoms with Crippen LogP contribution in [0.15, 0.2) is 18.5 Å². The van der Waals surface area contributed by atoms with E-state index < -0.39 is 0 Å². The standard InChI is InChI=1S/C12H21N3O/c1-12(2,10-5-7-14-8-10)9-15-11(16)4-3-6-13/h5,7-8,14H,3-4,6,9,13H2,1-2H3,(H,15,16). The molecule has 1 aromatic heterocycles. The maximum Gasteiger partial charge on any atom is 0.220 e. The Kier molecular flexibility index (Phi) is 4.55. The molecule has 0 unspecified atom stereocenters. The van der Waals surface area contributed by atoms with E-state index in [0.717, 1.165) is 6.42 Å². The zero-order valence-corrected chi connectivity index (χ0v) is 10.0. The number of nitrogens with two attached hydrogens (primary N) is 1. The van der Waals surface area contributed by atoms with Gasteiger partial charge in [-0.3, -0.25) is 4.79 Å². The average molecular weight is 223 g/mol. The van der Waals surface area contributed by atoms with Crippen LogP contribution < -0.4 is 11.1 Å². The molecule has 0 bridgehead atoms. The fourth-order valence-electron chi connectivity index (χ4n) is 1.52. The Balaban J connectivity index is 2.39. The number of nitrogens with one attached hydrogen (secondary N) is 2. The zero-order valence-electron chi connectivity index (χ0n) is 10.0. The first-order valence-corrected chi connectivity index (χ1v) is 5.66. The number of H-pyrrole nitrogens is 1. The van der Waals surface area contributed by atoms with E-state index in [1.165, 1.54) is 5.56 Å². The molecule has 0 aliphatic carbocycles. The monoisotopic (exact) mass is 223 g/mol. The summed E-state index contributed by atoms with van der Waals surface area (Å²) < 4.78 is 0. The molecule has 1 amide bonds. The van der Waals surface area contributed by atoms with Crippen LogP contribution in [0.4, 0.5) is 0 Å². The highest BCUT2D eigenvalue weighted by Gasteiger charge is 2.21. The number of carbonyl (C=O) groups excluding carboxylic acids is 1. The van der Waals surface area contributed by atoms with Gasteiger partial charge >= 0.3 is 0 Å². The number of aromatic nitrogens is 1. The molecule has 4 heteroatoms. The van der Waals surface area contributed by atoms with Gasteiger partial charge in [-0.1, -0.05) is 13.8 Å². The minimum absolute atomic E-state index is 0.0433. The second-order valence-electron chi connectivity index (χ2n) is 4.65. The van der Waals surface area contributed by atoms with Gasteiger partial charge in [0.05, 0.1) is 0 Å². The van der Waals surface area contributed by atoms with Gasteiger partial charge in [-0.05, 0) is 24.6 Å². The molecule has 1 rings (SSSR count).